The van der Waals surface area contributed by atoms with Gasteiger partial charge in [-0.1, -0.05) is 30.9 Å². The average Bonchev–Trinajstić information content (AvgIpc) is 3.04. The topological polar surface area (TPSA) is 19.0 Å². The number of hydrogen-bond acceptors (Lipinski definition) is 4. The third-order valence-electron chi connectivity index (χ3n) is 6.24. The lowest BCUT2D eigenvalue weighted by molar-refractivity contribution is 0.0639. The summed E-state index contributed by atoms with van der Waals surface area (Å²) in [6.07, 6.45) is 10.1. The lowest BCUT2D eigenvalue weighted by Gasteiger charge is -2.33. The van der Waals surface area contributed by atoms with Gasteiger partial charge in [-0.3, -0.25) is 0 Å². The first kappa shape index (κ1) is 23.9. The van der Waals surface area contributed by atoms with Crippen molar-refractivity contribution in [3.05, 3.63) is 83.3 Å². The fourth-order valence-electron chi connectivity index (χ4n) is 4.23. The molecule has 0 saturated carbocycles. The van der Waals surface area contributed by atoms with Crippen molar-refractivity contribution >= 4 is 11.4 Å². The van der Waals surface area contributed by atoms with Crippen LogP contribution in [0.5, 0.6) is 0 Å². The Morgan fingerprint density at radius 1 is 1.12 bits per heavy atom. The number of aryl methyl sites for hydroxylation is 1. The highest BCUT2D eigenvalue weighted by atomic mass is 16.5. The van der Waals surface area contributed by atoms with Gasteiger partial charge in [0.1, 0.15) is 0 Å². The van der Waals surface area contributed by atoms with Crippen molar-refractivity contribution in [2.24, 2.45) is 0 Å². The summed E-state index contributed by atoms with van der Waals surface area (Å²) in [6, 6.07) is 6.71. The summed E-state index contributed by atoms with van der Waals surface area (Å²) in [4.78, 5) is 6.83. The van der Waals surface area contributed by atoms with Crippen LogP contribution >= 0.6 is 0 Å². The second-order valence-corrected chi connectivity index (χ2v) is 9.07. The number of anilines is 1. The first-order chi connectivity index (χ1) is 15.3. The highest BCUT2D eigenvalue weighted by Crippen LogP contribution is 2.32. The van der Waals surface area contributed by atoms with Gasteiger partial charge in [-0.25, -0.2) is 0 Å². The molecule has 32 heavy (non-hydrogen) atoms. The van der Waals surface area contributed by atoms with Crippen molar-refractivity contribution < 1.29 is 4.74 Å². The quantitative estimate of drug-likeness (QED) is 0.510. The van der Waals surface area contributed by atoms with Gasteiger partial charge in [-0.05, 0) is 68.5 Å². The molecule has 4 nitrogen and oxygen atoms in total. The van der Waals surface area contributed by atoms with E-state index in [1.165, 1.54) is 28.1 Å². The first-order valence-corrected chi connectivity index (χ1v) is 11.6. The van der Waals surface area contributed by atoms with E-state index < -0.39 is 0 Å². The number of hydrogen-bond donors (Lipinski definition) is 0. The molecule has 2 aliphatic rings. The molecule has 172 valence electrons. The Balaban J connectivity index is 1.93. The van der Waals surface area contributed by atoms with Crippen LogP contribution in [0.2, 0.25) is 0 Å². The fraction of sp³-hybridized carbons (Fsp3) is 0.429. The Morgan fingerprint density at radius 2 is 1.84 bits per heavy atom. The van der Waals surface area contributed by atoms with Crippen LogP contribution in [0, 0.1) is 6.92 Å². The summed E-state index contributed by atoms with van der Waals surface area (Å²) in [5, 5.41) is 0. The van der Waals surface area contributed by atoms with Gasteiger partial charge in [-0.15, -0.1) is 0 Å². The minimum Gasteiger partial charge on any atom is -0.378 e. The van der Waals surface area contributed by atoms with Crippen LogP contribution in [0.15, 0.2) is 72.1 Å². The summed E-state index contributed by atoms with van der Waals surface area (Å²) >= 11 is 0. The Bertz CT molecular complexity index is 945. The Hall–Kier alpha value is -2.72. The Kier molecular flexibility index (Phi) is 8.03. The van der Waals surface area contributed by atoms with Crippen molar-refractivity contribution in [2.45, 2.75) is 33.1 Å². The van der Waals surface area contributed by atoms with E-state index in [2.05, 4.69) is 99.3 Å². The molecule has 3 rings (SSSR count). The number of ether oxygens (including phenoxy) is 1. The second-order valence-electron chi connectivity index (χ2n) is 9.07. The minimum atomic E-state index is 0.763. The summed E-state index contributed by atoms with van der Waals surface area (Å²) in [7, 11) is 6.33. The number of morpholine rings is 1. The highest BCUT2D eigenvalue weighted by Gasteiger charge is 2.19. The van der Waals surface area contributed by atoms with Gasteiger partial charge in [0.05, 0.1) is 13.2 Å². The maximum absolute atomic E-state index is 5.59. The van der Waals surface area contributed by atoms with Crippen LogP contribution in [-0.2, 0) is 4.74 Å². The molecule has 1 aromatic rings. The number of allylic oxidation sites excluding steroid dienone is 5. The molecule has 0 atom stereocenters. The molecule has 0 aromatic heterocycles. The molecule has 0 unspecified atom stereocenters. The molecule has 1 heterocycles. The highest BCUT2D eigenvalue weighted by molar-refractivity contribution is 5.73. The second kappa shape index (κ2) is 10.7. The van der Waals surface area contributed by atoms with E-state index in [0.717, 1.165) is 62.5 Å². The van der Waals surface area contributed by atoms with Gasteiger partial charge in [0.25, 0.3) is 0 Å². The normalized spacial score (nSPS) is 17.3. The zero-order valence-corrected chi connectivity index (χ0v) is 20.6. The van der Waals surface area contributed by atoms with Crippen molar-refractivity contribution in [3.63, 3.8) is 0 Å². The lowest BCUT2D eigenvalue weighted by Crippen LogP contribution is -2.35. The van der Waals surface area contributed by atoms with Crippen molar-refractivity contribution in [1.82, 2.24) is 9.80 Å². The van der Waals surface area contributed by atoms with E-state index in [-0.39, 0.29) is 0 Å². The SMILES string of the molecule is C=C(C)/C=C(\c1cc(N(C)C(=C)C2=CC(N(C)C)=CCCC2)ccc1C)N1CCOCC1. The van der Waals surface area contributed by atoms with E-state index >= 15 is 0 Å². The molecule has 1 saturated heterocycles. The smallest absolute Gasteiger partial charge is 0.0642 e. The predicted octanol–water partition coefficient (Wildman–Crippen LogP) is 5.75. The minimum absolute atomic E-state index is 0.763. The number of nitrogens with zero attached hydrogens (tertiary/aromatic N) is 3. The van der Waals surface area contributed by atoms with Gasteiger partial charge in [0, 0.05) is 62.6 Å². The van der Waals surface area contributed by atoms with Gasteiger partial charge in [0.2, 0.25) is 0 Å². The molecule has 0 bridgehead atoms. The van der Waals surface area contributed by atoms with E-state index in [1.807, 2.05) is 0 Å². The summed E-state index contributed by atoms with van der Waals surface area (Å²) < 4.78 is 5.59. The standard InChI is InChI=1S/C28H39N3O/c1-21(2)18-28(31-14-16-32-17-15-31)27-20-26(13-12-22(27)3)30(7)23(4)24-10-8-9-11-25(19-24)29(5)6/h11-13,18-20H,1,4,8-10,14-17H2,2-3,5-7H3/b28-18+. The maximum Gasteiger partial charge on any atom is 0.0642 e. The molecule has 0 amide bonds. The van der Waals surface area contributed by atoms with E-state index in [4.69, 9.17) is 4.74 Å². The van der Waals surface area contributed by atoms with E-state index in [9.17, 15) is 0 Å². The van der Waals surface area contributed by atoms with Gasteiger partial charge < -0.3 is 19.4 Å². The summed E-state index contributed by atoms with van der Waals surface area (Å²) in [6.45, 7) is 16.2. The molecule has 1 aliphatic carbocycles. The van der Waals surface area contributed by atoms with Crippen LogP contribution < -0.4 is 4.90 Å². The van der Waals surface area contributed by atoms with Crippen LogP contribution in [0.1, 0.15) is 37.3 Å². The zero-order chi connectivity index (χ0) is 23.3. The number of likely N-dealkylation sites (N-methyl/N-ethyl adjacent to an activating group) is 2. The van der Waals surface area contributed by atoms with E-state index in [0.29, 0.717) is 0 Å². The molecule has 0 spiro atoms. The van der Waals surface area contributed by atoms with Crippen LogP contribution in [0.4, 0.5) is 5.69 Å². The molecule has 4 heteroatoms. The summed E-state index contributed by atoms with van der Waals surface area (Å²) in [5.41, 5.74) is 9.57. The monoisotopic (exact) mass is 433 g/mol. The Labute approximate surface area is 194 Å². The van der Waals surface area contributed by atoms with Crippen molar-refractivity contribution in [1.29, 1.82) is 0 Å². The van der Waals surface area contributed by atoms with Crippen molar-refractivity contribution in [3.8, 4) is 0 Å². The molecule has 0 N–H and O–H groups in total. The summed E-state index contributed by atoms with van der Waals surface area (Å²) in [5.74, 6) is 0. The lowest BCUT2D eigenvalue weighted by atomic mass is 10.0. The molecule has 0 radical (unpaired) electrons. The molecular formula is C28H39N3O. The molecule has 1 fully saturated rings. The van der Waals surface area contributed by atoms with Crippen LogP contribution in [0.3, 0.4) is 0 Å². The van der Waals surface area contributed by atoms with Crippen molar-refractivity contribution in [2.75, 3.05) is 52.3 Å². The van der Waals surface area contributed by atoms with Gasteiger partial charge in [-0.2, -0.15) is 0 Å². The van der Waals surface area contributed by atoms with E-state index in [1.54, 1.807) is 0 Å². The first-order valence-electron chi connectivity index (χ1n) is 11.6. The number of benzene rings is 1. The maximum atomic E-state index is 5.59. The molecule has 1 aromatic carbocycles. The zero-order valence-electron chi connectivity index (χ0n) is 20.6. The number of rotatable bonds is 7. The predicted molar refractivity (Wildman–Crippen MR) is 138 cm³/mol. The van der Waals surface area contributed by atoms with Gasteiger partial charge >= 0.3 is 0 Å². The van der Waals surface area contributed by atoms with Crippen LogP contribution in [-0.4, -0.2) is 57.2 Å². The third-order valence-corrected chi connectivity index (χ3v) is 6.24. The largest absolute Gasteiger partial charge is 0.378 e. The van der Waals surface area contributed by atoms with Gasteiger partial charge in [0.15, 0.2) is 0 Å². The van der Waals surface area contributed by atoms with Crippen LogP contribution in [0.25, 0.3) is 5.70 Å². The molecule has 1 aliphatic heterocycles. The average molecular weight is 434 g/mol. The fourth-order valence-corrected chi connectivity index (χ4v) is 4.23. The molecular weight excluding hydrogens is 394 g/mol. The third kappa shape index (κ3) is 5.74. The Morgan fingerprint density at radius 3 is 2.50 bits per heavy atom.